The van der Waals surface area contributed by atoms with Crippen LogP contribution in [0.1, 0.15) is 45.4 Å². The predicted molar refractivity (Wildman–Crippen MR) is 67.1 cm³/mol. The van der Waals surface area contributed by atoms with Crippen molar-refractivity contribution < 1.29 is 14.6 Å². The summed E-state index contributed by atoms with van der Waals surface area (Å²) in [4.78, 5) is 14.1. The summed E-state index contributed by atoms with van der Waals surface area (Å²) in [6.45, 7) is 3.73. The maximum Gasteiger partial charge on any atom is 0.225 e. The topological polar surface area (TPSA) is 49.8 Å². The SMILES string of the molecule is C[C@H]1C[C@H]2CN(C(=O)CC3(O)CCC3)CC[C@@H]2O1. The lowest BCUT2D eigenvalue weighted by Gasteiger charge is -2.40. The quantitative estimate of drug-likeness (QED) is 0.807. The molecule has 1 amide bonds. The lowest BCUT2D eigenvalue weighted by atomic mass is 9.77. The number of rotatable bonds is 2. The van der Waals surface area contributed by atoms with Crippen molar-refractivity contribution in [2.24, 2.45) is 5.92 Å². The van der Waals surface area contributed by atoms with Crippen LogP contribution in [0.2, 0.25) is 0 Å². The Morgan fingerprint density at radius 2 is 2.28 bits per heavy atom. The number of carbonyl (C=O) groups excluding carboxylic acids is 1. The molecule has 3 fully saturated rings. The first-order chi connectivity index (χ1) is 8.56. The minimum absolute atomic E-state index is 0.134. The molecule has 2 saturated heterocycles. The molecule has 102 valence electrons. The van der Waals surface area contributed by atoms with Crippen molar-refractivity contribution in [1.29, 1.82) is 0 Å². The highest BCUT2D eigenvalue weighted by Gasteiger charge is 2.41. The van der Waals surface area contributed by atoms with Gasteiger partial charge in [0.25, 0.3) is 0 Å². The van der Waals surface area contributed by atoms with E-state index in [9.17, 15) is 9.90 Å². The lowest BCUT2D eigenvalue weighted by Crippen LogP contribution is -2.48. The predicted octanol–water partition coefficient (Wildman–Crippen LogP) is 1.32. The lowest BCUT2D eigenvalue weighted by molar-refractivity contribution is -0.143. The van der Waals surface area contributed by atoms with Crippen LogP contribution in [0.25, 0.3) is 0 Å². The van der Waals surface area contributed by atoms with Gasteiger partial charge in [0.05, 0.1) is 24.2 Å². The summed E-state index contributed by atoms with van der Waals surface area (Å²) < 4.78 is 5.84. The fraction of sp³-hybridized carbons (Fsp3) is 0.929. The number of carbonyl (C=O) groups is 1. The first kappa shape index (κ1) is 12.4. The van der Waals surface area contributed by atoms with Gasteiger partial charge in [-0.05, 0) is 39.0 Å². The molecule has 3 aliphatic rings. The zero-order valence-corrected chi connectivity index (χ0v) is 11.1. The monoisotopic (exact) mass is 253 g/mol. The summed E-state index contributed by atoms with van der Waals surface area (Å²) in [7, 11) is 0. The van der Waals surface area contributed by atoms with Crippen LogP contribution in [0.5, 0.6) is 0 Å². The summed E-state index contributed by atoms with van der Waals surface area (Å²) in [5, 5.41) is 10.1. The molecule has 3 rings (SSSR count). The smallest absolute Gasteiger partial charge is 0.225 e. The van der Waals surface area contributed by atoms with Gasteiger partial charge < -0.3 is 14.7 Å². The van der Waals surface area contributed by atoms with Gasteiger partial charge in [0.1, 0.15) is 0 Å². The van der Waals surface area contributed by atoms with Crippen molar-refractivity contribution >= 4 is 5.91 Å². The molecule has 0 bridgehead atoms. The number of likely N-dealkylation sites (tertiary alicyclic amines) is 1. The summed E-state index contributed by atoms with van der Waals surface area (Å²) in [6, 6.07) is 0. The second-order valence-electron chi connectivity index (χ2n) is 6.36. The van der Waals surface area contributed by atoms with Gasteiger partial charge in [-0.15, -0.1) is 0 Å². The fourth-order valence-corrected chi connectivity index (χ4v) is 3.58. The van der Waals surface area contributed by atoms with E-state index in [1.807, 2.05) is 4.90 Å². The van der Waals surface area contributed by atoms with Crippen molar-refractivity contribution in [2.45, 2.75) is 63.3 Å². The van der Waals surface area contributed by atoms with Gasteiger partial charge in [0, 0.05) is 19.0 Å². The minimum atomic E-state index is -0.687. The van der Waals surface area contributed by atoms with Crippen molar-refractivity contribution in [3.63, 3.8) is 0 Å². The third-order valence-electron chi connectivity index (χ3n) is 4.82. The average Bonchev–Trinajstić information content (AvgIpc) is 2.65. The number of ether oxygens (including phenoxy) is 1. The van der Waals surface area contributed by atoms with Crippen molar-refractivity contribution in [3.8, 4) is 0 Å². The first-order valence-electron chi connectivity index (χ1n) is 7.21. The number of nitrogens with zero attached hydrogens (tertiary/aromatic N) is 1. The molecule has 4 heteroatoms. The number of aliphatic hydroxyl groups is 1. The van der Waals surface area contributed by atoms with Crippen LogP contribution in [-0.4, -0.2) is 46.8 Å². The maximum atomic E-state index is 12.2. The highest BCUT2D eigenvalue weighted by atomic mass is 16.5. The van der Waals surface area contributed by atoms with Gasteiger partial charge in [-0.3, -0.25) is 4.79 Å². The number of amides is 1. The van der Waals surface area contributed by atoms with Crippen molar-refractivity contribution in [1.82, 2.24) is 4.90 Å². The largest absolute Gasteiger partial charge is 0.389 e. The molecule has 0 spiro atoms. The van der Waals surface area contributed by atoms with Gasteiger partial charge in [-0.1, -0.05) is 0 Å². The first-order valence-corrected chi connectivity index (χ1v) is 7.21. The van der Waals surface area contributed by atoms with E-state index in [0.29, 0.717) is 24.5 Å². The zero-order chi connectivity index (χ0) is 12.8. The number of fused-ring (bicyclic) bond motifs is 1. The third-order valence-corrected chi connectivity index (χ3v) is 4.82. The molecule has 0 aromatic carbocycles. The van der Waals surface area contributed by atoms with Crippen LogP contribution >= 0.6 is 0 Å². The molecule has 1 aliphatic carbocycles. The number of hydrogen-bond donors (Lipinski definition) is 1. The molecule has 1 N–H and O–H groups in total. The molecular weight excluding hydrogens is 230 g/mol. The molecule has 2 aliphatic heterocycles. The molecule has 2 heterocycles. The Labute approximate surface area is 108 Å². The normalized spacial score (nSPS) is 38.1. The van der Waals surface area contributed by atoms with Gasteiger partial charge in [-0.2, -0.15) is 0 Å². The molecule has 3 atom stereocenters. The standard InChI is InChI=1S/C14H23NO3/c1-10-7-11-9-15(6-3-12(11)18-10)13(16)8-14(17)4-2-5-14/h10-12,17H,2-9H2,1H3/t10-,11-,12-/m0/s1. The summed E-state index contributed by atoms with van der Waals surface area (Å²) in [5.41, 5.74) is -0.687. The van der Waals surface area contributed by atoms with Crippen LogP contribution in [0, 0.1) is 5.92 Å². The summed E-state index contributed by atoms with van der Waals surface area (Å²) in [6.07, 6.45) is 5.68. The molecule has 0 aromatic heterocycles. The van der Waals surface area contributed by atoms with E-state index in [2.05, 4.69) is 6.92 Å². The molecule has 0 aromatic rings. The van der Waals surface area contributed by atoms with Crippen LogP contribution in [0.4, 0.5) is 0 Å². The van der Waals surface area contributed by atoms with Crippen molar-refractivity contribution in [2.75, 3.05) is 13.1 Å². The van der Waals surface area contributed by atoms with E-state index >= 15 is 0 Å². The molecule has 0 radical (unpaired) electrons. The van der Waals surface area contributed by atoms with Gasteiger partial charge in [-0.25, -0.2) is 0 Å². The third kappa shape index (κ3) is 2.28. The van der Waals surface area contributed by atoms with Gasteiger partial charge >= 0.3 is 0 Å². The van der Waals surface area contributed by atoms with E-state index in [0.717, 1.165) is 45.2 Å². The molecule has 1 saturated carbocycles. The number of piperidine rings is 1. The van der Waals surface area contributed by atoms with Crippen molar-refractivity contribution in [3.05, 3.63) is 0 Å². The summed E-state index contributed by atoms with van der Waals surface area (Å²) in [5.74, 6) is 0.643. The van der Waals surface area contributed by atoms with Crippen LogP contribution in [0.3, 0.4) is 0 Å². The Morgan fingerprint density at radius 1 is 1.50 bits per heavy atom. The maximum absolute atomic E-state index is 12.2. The average molecular weight is 253 g/mol. The van der Waals surface area contributed by atoms with Crippen LogP contribution in [-0.2, 0) is 9.53 Å². The Hall–Kier alpha value is -0.610. The Bertz CT molecular complexity index is 340. The van der Waals surface area contributed by atoms with E-state index in [1.165, 1.54) is 0 Å². The molecular formula is C14H23NO3. The Kier molecular flexibility index (Phi) is 3.10. The van der Waals surface area contributed by atoms with Gasteiger partial charge in [0.15, 0.2) is 0 Å². The minimum Gasteiger partial charge on any atom is -0.389 e. The molecule has 0 unspecified atom stereocenters. The number of hydrogen-bond acceptors (Lipinski definition) is 3. The molecule has 18 heavy (non-hydrogen) atoms. The Morgan fingerprint density at radius 3 is 2.94 bits per heavy atom. The zero-order valence-electron chi connectivity index (χ0n) is 11.1. The second kappa shape index (κ2) is 4.49. The summed E-state index contributed by atoms with van der Waals surface area (Å²) >= 11 is 0. The van der Waals surface area contributed by atoms with E-state index < -0.39 is 5.60 Å². The van der Waals surface area contributed by atoms with E-state index in [-0.39, 0.29) is 5.91 Å². The van der Waals surface area contributed by atoms with E-state index in [1.54, 1.807) is 0 Å². The van der Waals surface area contributed by atoms with E-state index in [4.69, 9.17) is 4.74 Å². The second-order valence-corrected chi connectivity index (χ2v) is 6.36. The Balaban J connectivity index is 1.55. The fourth-order valence-electron chi connectivity index (χ4n) is 3.58. The molecule has 4 nitrogen and oxygen atoms in total. The highest BCUT2D eigenvalue weighted by Crippen LogP contribution is 2.37. The highest BCUT2D eigenvalue weighted by molar-refractivity contribution is 5.77. The van der Waals surface area contributed by atoms with Crippen LogP contribution < -0.4 is 0 Å². The van der Waals surface area contributed by atoms with Gasteiger partial charge in [0.2, 0.25) is 5.91 Å². The van der Waals surface area contributed by atoms with Crippen LogP contribution in [0.15, 0.2) is 0 Å².